The highest BCUT2D eigenvalue weighted by molar-refractivity contribution is 6.35. The van der Waals surface area contributed by atoms with Gasteiger partial charge >= 0.3 is 0 Å². The number of amides is 1. The van der Waals surface area contributed by atoms with E-state index >= 15 is 0 Å². The molecule has 1 rings (SSSR count). The van der Waals surface area contributed by atoms with Gasteiger partial charge in [-0.05, 0) is 19.1 Å². The fraction of sp³-hybridized carbons (Fsp3) is 0.400. The van der Waals surface area contributed by atoms with Gasteiger partial charge in [0.2, 0.25) is 0 Å². The maximum Gasteiger partial charge on any atom is 0.257 e. The quantitative estimate of drug-likeness (QED) is 0.633. The number of alkyl halides is 2. The van der Waals surface area contributed by atoms with Gasteiger partial charge in [0.15, 0.2) is 0 Å². The van der Waals surface area contributed by atoms with Gasteiger partial charge in [0.05, 0.1) is 17.7 Å². The predicted molar refractivity (Wildman–Crippen MR) is 90.1 cm³/mol. The third-order valence-corrected chi connectivity index (χ3v) is 3.97. The predicted octanol–water partition coefficient (Wildman–Crippen LogP) is 2.62. The fourth-order valence-corrected chi connectivity index (χ4v) is 2.69. The van der Waals surface area contributed by atoms with Crippen molar-refractivity contribution in [3.05, 3.63) is 45.6 Å². The second-order valence-electron chi connectivity index (χ2n) is 5.07. The molecule has 24 heavy (non-hydrogen) atoms. The van der Waals surface area contributed by atoms with E-state index in [9.17, 15) is 13.6 Å². The van der Waals surface area contributed by atoms with E-state index in [1.165, 1.54) is 13.2 Å². The van der Waals surface area contributed by atoms with Crippen LogP contribution in [-0.4, -0.2) is 31.5 Å². The van der Waals surface area contributed by atoms with Crippen LogP contribution in [0.4, 0.5) is 8.78 Å². The molecule has 3 atom stereocenters. The van der Waals surface area contributed by atoms with E-state index in [1.54, 1.807) is 19.1 Å². The Balaban J connectivity index is 2.94. The summed E-state index contributed by atoms with van der Waals surface area (Å²) in [5.74, 6) is -0.801. The molecule has 1 aromatic rings. The Kier molecular flexibility index (Phi) is 7.89. The van der Waals surface area contributed by atoms with Crippen molar-refractivity contribution in [3.63, 3.8) is 0 Å². The lowest BCUT2D eigenvalue weighted by Gasteiger charge is -2.26. The third-order valence-electron chi connectivity index (χ3n) is 3.41. The molecule has 0 heterocycles. The van der Waals surface area contributed by atoms with Crippen molar-refractivity contribution in [2.75, 3.05) is 7.11 Å². The molecular formula is C15H19Cl2F2N3O2. The minimum absolute atomic E-state index is 0.356. The molecule has 0 aliphatic heterocycles. The molecule has 5 nitrogen and oxygen atoms in total. The van der Waals surface area contributed by atoms with Crippen molar-refractivity contribution in [3.8, 4) is 0 Å². The van der Waals surface area contributed by atoms with Gasteiger partial charge in [-0.2, -0.15) is 0 Å². The van der Waals surface area contributed by atoms with Crippen molar-refractivity contribution in [1.29, 1.82) is 0 Å². The molecule has 3 unspecified atom stereocenters. The summed E-state index contributed by atoms with van der Waals surface area (Å²) in [6.45, 7) is 1.64. The van der Waals surface area contributed by atoms with E-state index in [1.807, 2.05) is 0 Å². The highest BCUT2D eigenvalue weighted by Crippen LogP contribution is 2.30. The molecule has 9 heteroatoms. The monoisotopic (exact) mass is 381 g/mol. The number of hydrogen-bond acceptors (Lipinski definition) is 4. The smallest absolute Gasteiger partial charge is 0.257 e. The Morgan fingerprint density at radius 3 is 2.46 bits per heavy atom. The van der Waals surface area contributed by atoms with E-state index in [4.69, 9.17) is 39.4 Å². The third kappa shape index (κ3) is 5.04. The molecule has 0 bridgehead atoms. The molecule has 0 aliphatic carbocycles. The molecule has 0 aromatic heterocycles. The van der Waals surface area contributed by atoms with Crippen LogP contribution in [0.3, 0.4) is 0 Å². The second-order valence-corrected chi connectivity index (χ2v) is 5.91. The normalized spacial score (nSPS) is 15.9. The number of halogens is 4. The van der Waals surface area contributed by atoms with Gasteiger partial charge in [0.25, 0.3) is 12.3 Å². The Morgan fingerprint density at radius 2 is 2.00 bits per heavy atom. The van der Waals surface area contributed by atoms with Crippen LogP contribution in [0.1, 0.15) is 18.6 Å². The van der Waals surface area contributed by atoms with E-state index in [-0.39, 0.29) is 0 Å². The summed E-state index contributed by atoms with van der Waals surface area (Å²) in [6.07, 6.45) is -2.76. The highest BCUT2D eigenvalue weighted by Gasteiger charge is 2.29. The van der Waals surface area contributed by atoms with Gasteiger partial charge in [-0.1, -0.05) is 29.3 Å². The molecule has 134 valence electrons. The highest BCUT2D eigenvalue weighted by atomic mass is 35.5. The molecule has 5 N–H and O–H groups in total. The Morgan fingerprint density at radius 1 is 1.38 bits per heavy atom. The van der Waals surface area contributed by atoms with E-state index in [0.717, 1.165) is 6.20 Å². The summed E-state index contributed by atoms with van der Waals surface area (Å²) in [5.41, 5.74) is 10.7. The minimum atomic E-state index is -2.91. The van der Waals surface area contributed by atoms with Crippen molar-refractivity contribution in [2.24, 2.45) is 11.5 Å². The number of carbonyl (C=O) groups excluding carboxylic acids is 1. The SMILES string of the molecule is COC(c1ccc(Cl)cc1Cl)C(C)NC(=O)/C(=C/N)C(N)C(F)F. The van der Waals surface area contributed by atoms with Gasteiger partial charge in [0, 0.05) is 28.9 Å². The summed E-state index contributed by atoms with van der Waals surface area (Å²) in [4.78, 5) is 12.1. The molecular weight excluding hydrogens is 363 g/mol. The number of methoxy groups -OCH3 is 1. The zero-order valence-electron chi connectivity index (χ0n) is 13.1. The number of nitrogens with two attached hydrogens (primary N) is 2. The largest absolute Gasteiger partial charge is 0.404 e. The number of hydrogen-bond donors (Lipinski definition) is 3. The van der Waals surface area contributed by atoms with Crippen molar-refractivity contribution >= 4 is 29.1 Å². The van der Waals surface area contributed by atoms with Crippen LogP contribution in [0.5, 0.6) is 0 Å². The van der Waals surface area contributed by atoms with Crippen molar-refractivity contribution in [2.45, 2.75) is 31.5 Å². The molecule has 0 aliphatic rings. The van der Waals surface area contributed by atoms with Crippen LogP contribution in [0.15, 0.2) is 30.0 Å². The average molecular weight is 382 g/mol. The van der Waals surface area contributed by atoms with Crippen molar-refractivity contribution < 1.29 is 18.3 Å². The standard InChI is InChI=1S/C15H19Cl2F2N3O2/c1-7(22-15(23)10(6-20)12(21)14(18)19)13(24-2)9-4-3-8(16)5-11(9)17/h3-7,12-14H,20-21H2,1-2H3,(H,22,23)/b10-6+. The van der Waals surface area contributed by atoms with Gasteiger partial charge < -0.3 is 21.5 Å². The maximum atomic E-state index is 12.7. The Hall–Kier alpha value is -1.41. The van der Waals surface area contributed by atoms with Crippen LogP contribution in [0.2, 0.25) is 10.0 Å². The van der Waals surface area contributed by atoms with Crippen molar-refractivity contribution in [1.82, 2.24) is 5.32 Å². The van der Waals surface area contributed by atoms with Gasteiger partial charge in [-0.3, -0.25) is 4.79 Å². The van der Waals surface area contributed by atoms with E-state index in [0.29, 0.717) is 15.6 Å². The first-order valence-corrected chi connectivity index (χ1v) is 7.72. The van der Waals surface area contributed by atoms with Crippen LogP contribution < -0.4 is 16.8 Å². The molecule has 0 saturated heterocycles. The van der Waals surface area contributed by atoms with Gasteiger partial charge in [-0.25, -0.2) is 8.78 Å². The summed E-state index contributed by atoms with van der Waals surface area (Å²) in [7, 11) is 1.43. The Bertz CT molecular complexity index is 614. The maximum absolute atomic E-state index is 12.7. The molecule has 0 fully saturated rings. The van der Waals surface area contributed by atoms with E-state index in [2.05, 4.69) is 5.32 Å². The molecule has 1 aromatic carbocycles. The summed E-state index contributed by atoms with van der Waals surface area (Å²) in [5, 5.41) is 3.35. The van der Waals surface area contributed by atoms with Gasteiger partial charge in [0.1, 0.15) is 6.10 Å². The second kappa shape index (κ2) is 9.17. The van der Waals surface area contributed by atoms with Crippen LogP contribution in [0.25, 0.3) is 0 Å². The zero-order chi connectivity index (χ0) is 18.4. The average Bonchev–Trinajstić information content (AvgIpc) is 2.50. The van der Waals surface area contributed by atoms with E-state index < -0.39 is 36.1 Å². The number of nitrogens with one attached hydrogen (secondary N) is 1. The summed E-state index contributed by atoms with van der Waals surface area (Å²) < 4.78 is 30.7. The van der Waals surface area contributed by atoms with Crippen LogP contribution in [0, 0.1) is 0 Å². The number of carbonyl (C=O) groups is 1. The molecule has 0 spiro atoms. The molecule has 0 radical (unpaired) electrons. The Labute approximate surface area is 148 Å². The minimum Gasteiger partial charge on any atom is -0.404 e. The first kappa shape index (κ1) is 20.6. The number of rotatable bonds is 7. The molecule has 1 amide bonds. The lowest BCUT2D eigenvalue weighted by atomic mass is 10.0. The molecule has 0 saturated carbocycles. The zero-order valence-corrected chi connectivity index (χ0v) is 14.6. The summed E-state index contributed by atoms with van der Waals surface area (Å²) >= 11 is 12.0. The first-order valence-electron chi connectivity index (χ1n) is 6.97. The van der Waals surface area contributed by atoms with Crippen LogP contribution >= 0.6 is 23.2 Å². The lowest BCUT2D eigenvalue weighted by molar-refractivity contribution is -0.119. The number of ether oxygens (including phenoxy) is 1. The fourth-order valence-electron chi connectivity index (χ4n) is 2.17. The topological polar surface area (TPSA) is 90.4 Å². The first-order chi connectivity index (χ1) is 11.2. The summed E-state index contributed by atoms with van der Waals surface area (Å²) in [6, 6.07) is 2.45. The van der Waals surface area contributed by atoms with Crippen LogP contribution in [-0.2, 0) is 9.53 Å². The van der Waals surface area contributed by atoms with Gasteiger partial charge in [-0.15, -0.1) is 0 Å². The lowest BCUT2D eigenvalue weighted by Crippen LogP contribution is -2.44. The number of benzene rings is 1.